The average molecular weight is 440 g/mol. The number of amides is 2. The Kier molecular flexibility index (Phi) is 7.15. The number of carboxylic acid groups (broad SMARTS) is 1. The molecule has 1 aliphatic carbocycles. The summed E-state index contributed by atoms with van der Waals surface area (Å²) in [5.41, 5.74) is 6.11. The highest BCUT2D eigenvalue weighted by molar-refractivity contribution is 5.79. The van der Waals surface area contributed by atoms with Crippen molar-refractivity contribution in [1.29, 1.82) is 0 Å². The third-order valence-electron chi connectivity index (χ3n) is 5.39. The molecule has 3 N–H and O–H groups in total. The Labute approximate surface area is 186 Å². The molecule has 1 unspecified atom stereocenters. The predicted molar refractivity (Wildman–Crippen MR) is 118 cm³/mol. The van der Waals surface area contributed by atoms with Gasteiger partial charge in [0.15, 0.2) is 6.10 Å². The number of benzene rings is 2. The van der Waals surface area contributed by atoms with E-state index in [0.717, 1.165) is 22.3 Å². The SMILES string of the molecule is CC(ONC(=O)CC(C)(C)CNC(=O)OCC1c2ccccc2-c2ccccc21)C(=O)O. The third kappa shape index (κ3) is 5.64. The molecule has 0 bridgehead atoms. The molecule has 0 saturated heterocycles. The maximum Gasteiger partial charge on any atom is 0.407 e. The highest BCUT2D eigenvalue weighted by Gasteiger charge is 2.29. The monoisotopic (exact) mass is 440 g/mol. The van der Waals surface area contributed by atoms with Crippen LogP contribution in [0, 0.1) is 5.41 Å². The molecule has 0 heterocycles. The van der Waals surface area contributed by atoms with E-state index in [1.807, 2.05) is 24.3 Å². The molecule has 0 fully saturated rings. The molecular weight excluding hydrogens is 412 g/mol. The lowest BCUT2D eigenvalue weighted by Crippen LogP contribution is -2.39. The zero-order chi connectivity index (χ0) is 23.3. The summed E-state index contributed by atoms with van der Waals surface area (Å²) < 4.78 is 5.50. The van der Waals surface area contributed by atoms with Gasteiger partial charge in [-0.25, -0.2) is 15.1 Å². The van der Waals surface area contributed by atoms with Gasteiger partial charge in [-0.2, -0.15) is 0 Å². The van der Waals surface area contributed by atoms with Crippen molar-refractivity contribution >= 4 is 18.0 Å². The summed E-state index contributed by atoms with van der Waals surface area (Å²) in [5, 5.41) is 11.5. The summed E-state index contributed by atoms with van der Waals surface area (Å²) in [7, 11) is 0. The minimum absolute atomic E-state index is 0.0275. The minimum Gasteiger partial charge on any atom is -0.479 e. The Bertz CT molecular complexity index is 958. The summed E-state index contributed by atoms with van der Waals surface area (Å²) in [6.45, 7) is 5.33. The number of ether oxygens (including phenoxy) is 1. The van der Waals surface area contributed by atoms with E-state index in [0.29, 0.717) is 0 Å². The van der Waals surface area contributed by atoms with Crippen molar-refractivity contribution < 1.29 is 29.1 Å². The second kappa shape index (κ2) is 9.82. The second-order valence-corrected chi connectivity index (χ2v) is 8.64. The zero-order valence-corrected chi connectivity index (χ0v) is 18.4. The van der Waals surface area contributed by atoms with Gasteiger partial charge in [0.2, 0.25) is 5.91 Å². The molecule has 2 aromatic rings. The van der Waals surface area contributed by atoms with Gasteiger partial charge in [-0.1, -0.05) is 62.4 Å². The maximum absolute atomic E-state index is 12.3. The van der Waals surface area contributed by atoms with E-state index in [1.54, 1.807) is 13.8 Å². The number of fused-ring (bicyclic) bond motifs is 3. The second-order valence-electron chi connectivity index (χ2n) is 8.64. The van der Waals surface area contributed by atoms with Crippen molar-refractivity contribution in [3.05, 3.63) is 59.7 Å². The van der Waals surface area contributed by atoms with Crippen LogP contribution in [0.1, 0.15) is 44.2 Å². The van der Waals surface area contributed by atoms with Crippen molar-refractivity contribution in [2.75, 3.05) is 13.2 Å². The summed E-state index contributed by atoms with van der Waals surface area (Å²) in [6.07, 6.45) is -1.68. The van der Waals surface area contributed by atoms with Gasteiger partial charge < -0.3 is 15.2 Å². The summed E-state index contributed by atoms with van der Waals surface area (Å²) in [5.74, 6) is -1.68. The van der Waals surface area contributed by atoms with E-state index < -0.39 is 29.5 Å². The van der Waals surface area contributed by atoms with Crippen molar-refractivity contribution in [3.63, 3.8) is 0 Å². The van der Waals surface area contributed by atoms with Gasteiger partial charge in [0.25, 0.3) is 0 Å². The molecule has 0 spiro atoms. The zero-order valence-electron chi connectivity index (χ0n) is 18.4. The molecule has 0 saturated carbocycles. The fourth-order valence-electron chi connectivity index (χ4n) is 3.70. The normalized spacial score (nSPS) is 13.6. The van der Waals surface area contributed by atoms with Gasteiger partial charge >= 0.3 is 12.1 Å². The average Bonchev–Trinajstić information content (AvgIpc) is 3.08. The number of hydrogen-bond acceptors (Lipinski definition) is 5. The maximum atomic E-state index is 12.3. The molecule has 1 aliphatic rings. The lowest BCUT2D eigenvalue weighted by atomic mass is 9.89. The van der Waals surface area contributed by atoms with Crippen LogP contribution in [-0.2, 0) is 19.2 Å². The fourth-order valence-corrected chi connectivity index (χ4v) is 3.70. The molecular formula is C24H28N2O6. The summed E-state index contributed by atoms with van der Waals surface area (Å²) in [6, 6.07) is 16.2. The van der Waals surface area contributed by atoms with Gasteiger partial charge in [-0.15, -0.1) is 0 Å². The Hall–Kier alpha value is -3.39. The number of nitrogens with one attached hydrogen (secondary N) is 2. The minimum atomic E-state index is -1.18. The van der Waals surface area contributed by atoms with Crippen LogP contribution in [0.4, 0.5) is 4.79 Å². The first-order valence-corrected chi connectivity index (χ1v) is 10.4. The largest absolute Gasteiger partial charge is 0.479 e. The number of carbonyl (C=O) groups is 3. The highest BCUT2D eigenvalue weighted by atomic mass is 16.7. The quantitative estimate of drug-likeness (QED) is 0.515. The van der Waals surface area contributed by atoms with Gasteiger partial charge in [0.1, 0.15) is 6.61 Å². The van der Waals surface area contributed by atoms with Crippen molar-refractivity contribution in [2.45, 2.75) is 39.2 Å². The van der Waals surface area contributed by atoms with Crippen molar-refractivity contribution in [1.82, 2.24) is 10.8 Å². The Morgan fingerprint density at radius 1 is 1.03 bits per heavy atom. The molecule has 2 aromatic carbocycles. The molecule has 8 nitrogen and oxygen atoms in total. The van der Waals surface area contributed by atoms with Crippen LogP contribution in [0.2, 0.25) is 0 Å². The standard InChI is InChI=1S/C24H28N2O6/c1-15(22(28)29)32-26-21(27)12-24(2,3)14-25-23(30)31-13-20-18-10-6-4-8-16(18)17-9-5-7-11-19(17)20/h4-11,15,20H,12-14H2,1-3H3,(H,25,30)(H,26,27)(H,28,29). The predicted octanol–water partition coefficient (Wildman–Crippen LogP) is 3.46. The molecule has 0 radical (unpaired) electrons. The number of aliphatic carboxylic acids is 1. The molecule has 170 valence electrons. The number of hydroxylamine groups is 1. The molecule has 32 heavy (non-hydrogen) atoms. The van der Waals surface area contributed by atoms with Crippen LogP contribution >= 0.6 is 0 Å². The number of rotatable bonds is 9. The van der Waals surface area contributed by atoms with Crippen LogP contribution in [0.25, 0.3) is 11.1 Å². The first-order valence-electron chi connectivity index (χ1n) is 10.4. The molecule has 2 amide bonds. The van der Waals surface area contributed by atoms with Crippen LogP contribution in [-0.4, -0.2) is 42.3 Å². The Morgan fingerprint density at radius 2 is 1.59 bits per heavy atom. The van der Waals surface area contributed by atoms with Crippen LogP contribution in [0.3, 0.4) is 0 Å². The summed E-state index contributed by atoms with van der Waals surface area (Å²) in [4.78, 5) is 39.8. The smallest absolute Gasteiger partial charge is 0.407 e. The van der Waals surface area contributed by atoms with E-state index in [9.17, 15) is 14.4 Å². The van der Waals surface area contributed by atoms with Gasteiger partial charge in [0, 0.05) is 18.9 Å². The van der Waals surface area contributed by atoms with Crippen LogP contribution in [0.15, 0.2) is 48.5 Å². The lowest BCUT2D eigenvalue weighted by Gasteiger charge is -2.24. The number of carboxylic acids is 1. The van der Waals surface area contributed by atoms with Crippen molar-refractivity contribution in [3.8, 4) is 11.1 Å². The molecule has 3 rings (SSSR count). The Morgan fingerprint density at radius 3 is 2.16 bits per heavy atom. The van der Waals surface area contributed by atoms with Crippen LogP contribution in [0.5, 0.6) is 0 Å². The van der Waals surface area contributed by atoms with Gasteiger partial charge in [-0.05, 0) is 34.6 Å². The van der Waals surface area contributed by atoms with E-state index in [-0.39, 0.29) is 25.5 Å². The topological polar surface area (TPSA) is 114 Å². The Balaban J connectivity index is 1.49. The lowest BCUT2D eigenvalue weighted by molar-refractivity contribution is -0.159. The first kappa shape index (κ1) is 23.3. The first-order chi connectivity index (χ1) is 15.2. The molecule has 0 aromatic heterocycles. The van der Waals surface area contributed by atoms with E-state index in [2.05, 4.69) is 35.1 Å². The summed E-state index contributed by atoms with van der Waals surface area (Å²) >= 11 is 0. The highest BCUT2D eigenvalue weighted by Crippen LogP contribution is 2.44. The number of hydrogen-bond donors (Lipinski definition) is 3. The van der Waals surface area contributed by atoms with Gasteiger partial charge in [-0.3, -0.25) is 9.63 Å². The van der Waals surface area contributed by atoms with E-state index in [1.165, 1.54) is 6.92 Å². The van der Waals surface area contributed by atoms with Crippen molar-refractivity contribution in [2.24, 2.45) is 5.41 Å². The van der Waals surface area contributed by atoms with E-state index in [4.69, 9.17) is 14.7 Å². The van der Waals surface area contributed by atoms with Gasteiger partial charge in [0.05, 0.1) is 0 Å². The number of carbonyl (C=O) groups excluding carboxylic acids is 2. The molecule has 1 atom stereocenters. The number of alkyl carbamates (subject to hydrolysis) is 1. The molecule has 0 aliphatic heterocycles. The third-order valence-corrected chi connectivity index (χ3v) is 5.39. The van der Waals surface area contributed by atoms with Crippen LogP contribution < -0.4 is 10.8 Å². The molecule has 8 heteroatoms. The van der Waals surface area contributed by atoms with E-state index >= 15 is 0 Å². The fraction of sp³-hybridized carbons (Fsp3) is 0.375.